The van der Waals surface area contributed by atoms with Crippen LogP contribution in [0.25, 0.3) is 10.9 Å². The summed E-state index contributed by atoms with van der Waals surface area (Å²) in [5.74, 6) is -0.840. The van der Waals surface area contributed by atoms with Crippen LogP contribution in [-0.4, -0.2) is 43.1 Å². The average Bonchev–Trinajstić information content (AvgIpc) is 3.33. The molecule has 0 spiro atoms. The Hall–Kier alpha value is -3.53. The number of pyridine rings is 1. The van der Waals surface area contributed by atoms with Crippen LogP contribution >= 0.6 is 11.6 Å². The summed E-state index contributed by atoms with van der Waals surface area (Å²) in [7, 11) is 3.30. The van der Waals surface area contributed by atoms with Gasteiger partial charge in [-0.25, -0.2) is 4.98 Å². The molecule has 2 aliphatic rings. The number of nitrogens with zero attached hydrogens (tertiary/aromatic N) is 2. The number of fused-ring (bicyclic) bond motifs is 1. The molecular weight excluding hydrogens is 547 g/mol. The molecular formula is C29H29ClF3N3O4. The smallest absolute Gasteiger partial charge is 0.433 e. The molecule has 1 saturated heterocycles. The molecule has 2 fully saturated rings. The van der Waals surface area contributed by atoms with Gasteiger partial charge >= 0.3 is 12.1 Å². The highest BCUT2D eigenvalue weighted by molar-refractivity contribution is 6.31. The molecule has 212 valence electrons. The number of hydrogen-bond donors (Lipinski definition) is 1. The third kappa shape index (κ3) is 5.68. The first-order chi connectivity index (χ1) is 19.0. The standard InChI is InChI=1S/C29H29ClF3N3O4/c1-36(23-15-25(29(31,32)33)35-22-12-7-16(30)13-20(22)23)18-10-8-17(9-11-18)34-28(38)21-14-26(37)40-27(21)19-5-3-4-6-24(19)39-2/h3-7,12-13,15,17-18,21,27H,8-11,14H2,1-2H3,(H,34,38)/t17?,18?,21-,27+/m1/s1. The molecule has 40 heavy (non-hydrogen) atoms. The summed E-state index contributed by atoms with van der Waals surface area (Å²) in [6, 6.07) is 12.7. The number of aromatic nitrogens is 1. The van der Waals surface area contributed by atoms with Gasteiger partial charge in [0, 0.05) is 40.8 Å². The molecule has 1 saturated carbocycles. The van der Waals surface area contributed by atoms with Gasteiger partial charge in [-0.2, -0.15) is 13.2 Å². The Kier molecular flexibility index (Phi) is 7.81. The maximum atomic E-state index is 13.6. The van der Waals surface area contributed by atoms with Gasteiger partial charge in [-0.05, 0) is 56.0 Å². The predicted octanol–water partition coefficient (Wildman–Crippen LogP) is 6.08. The zero-order valence-electron chi connectivity index (χ0n) is 22.0. The van der Waals surface area contributed by atoms with Gasteiger partial charge in [-0.1, -0.05) is 29.8 Å². The van der Waals surface area contributed by atoms with Crippen molar-refractivity contribution in [3.8, 4) is 5.75 Å². The lowest BCUT2D eigenvalue weighted by Gasteiger charge is -2.37. The summed E-state index contributed by atoms with van der Waals surface area (Å²) >= 11 is 6.16. The average molecular weight is 576 g/mol. The van der Waals surface area contributed by atoms with Crippen molar-refractivity contribution >= 4 is 40.1 Å². The molecule has 1 aliphatic heterocycles. The van der Waals surface area contributed by atoms with E-state index in [1.54, 1.807) is 37.4 Å². The first kappa shape index (κ1) is 28.0. The van der Waals surface area contributed by atoms with Crippen molar-refractivity contribution in [3.05, 3.63) is 64.8 Å². The molecule has 1 aromatic heterocycles. The molecule has 0 unspecified atom stereocenters. The summed E-state index contributed by atoms with van der Waals surface area (Å²) in [4.78, 5) is 31.1. The summed E-state index contributed by atoms with van der Waals surface area (Å²) in [6.07, 6.45) is -2.76. The van der Waals surface area contributed by atoms with Crippen LogP contribution in [0.15, 0.2) is 48.5 Å². The van der Waals surface area contributed by atoms with Gasteiger partial charge < -0.3 is 19.7 Å². The van der Waals surface area contributed by atoms with Crippen LogP contribution in [0.4, 0.5) is 18.9 Å². The van der Waals surface area contributed by atoms with E-state index in [9.17, 15) is 22.8 Å². The van der Waals surface area contributed by atoms with E-state index < -0.39 is 29.9 Å². The number of rotatable bonds is 6. The van der Waals surface area contributed by atoms with Crippen molar-refractivity contribution in [1.82, 2.24) is 10.3 Å². The molecule has 11 heteroatoms. The van der Waals surface area contributed by atoms with Crippen molar-refractivity contribution in [3.63, 3.8) is 0 Å². The molecule has 2 aromatic carbocycles. The predicted molar refractivity (Wildman–Crippen MR) is 144 cm³/mol. The van der Waals surface area contributed by atoms with Gasteiger partial charge in [0.1, 0.15) is 17.5 Å². The number of halogens is 4. The van der Waals surface area contributed by atoms with E-state index in [2.05, 4.69) is 10.3 Å². The largest absolute Gasteiger partial charge is 0.496 e. The van der Waals surface area contributed by atoms with Crippen molar-refractivity contribution in [2.24, 2.45) is 5.92 Å². The van der Waals surface area contributed by atoms with E-state index in [1.807, 2.05) is 4.90 Å². The fraction of sp³-hybridized carbons (Fsp3) is 0.414. The Bertz CT molecular complexity index is 1430. The summed E-state index contributed by atoms with van der Waals surface area (Å²) < 4.78 is 51.7. The van der Waals surface area contributed by atoms with Crippen LogP contribution in [0.5, 0.6) is 5.75 Å². The quantitative estimate of drug-likeness (QED) is 0.359. The number of alkyl halides is 3. The second-order valence-electron chi connectivity index (χ2n) is 10.3. The van der Waals surface area contributed by atoms with Gasteiger partial charge in [-0.15, -0.1) is 0 Å². The minimum Gasteiger partial charge on any atom is -0.496 e. The molecule has 1 aliphatic carbocycles. The second-order valence-corrected chi connectivity index (χ2v) is 10.7. The van der Waals surface area contributed by atoms with E-state index in [-0.39, 0.29) is 29.9 Å². The van der Waals surface area contributed by atoms with Gasteiger partial charge in [0.15, 0.2) is 0 Å². The van der Waals surface area contributed by atoms with Crippen molar-refractivity contribution in [2.45, 2.75) is 56.5 Å². The van der Waals surface area contributed by atoms with Gasteiger partial charge in [-0.3, -0.25) is 9.59 Å². The highest BCUT2D eigenvalue weighted by Crippen LogP contribution is 2.41. The van der Waals surface area contributed by atoms with Crippen molar-refractivity contribution in [2.75, 3.05) is 19.1 Å². The van der Waals surface area contributed by atoms with E-state index in [1.165, 1.54) is 19.2 Å². The molecule has 2 heterocycles. The number of cyclic esters (lactones) is 1. The number of benzene rings is 2. The normalized spacial score (nSPS) is 23.1. The van der Waals surface area contributed by atoms with Crippen molar-refractivity contribution < 1.29 is 32.2 Å². The van der Waals surface area contributed by atoms with E-state index in [0.717, 1.165) is 6.07 Å². The molecule has 2 atom stereocenters. The number of amides is 1. The third-order valence-electron chi connectivity index (χ3n) is 7.80. The Morgan fingerprint density at radius 2 is 1.85 bits per heavy atom. The number of ether oxygens (including phenoxy) is 2. The number of carbonyl (C=O) groups excluding carboxylic acids is 2. The fourth-order valence-electron chi connectivity index (χ4n) is 5.70. The Balaban J connectivity index is 1.27. The topological polar surface area (TPSA) is 80.8 Å². The lowest BCUT2D eigenvalue weighted by molar-refractivity contribution is -0.142. The zero-order valence-corrected chi connectivity index (χ0v) is 22.8. The van der Waals surface area contributed by atoms with Crippen molar-refractivity contribution in [1.29, 1.82) is 0 Å². The van der Waals surface area contributed by atoms with Crippen LogP contribution in [0.1, 0.15) is 49.5 Å². The lowest BCUT2D eigenvalue weighted by atomic mass is 9.88. The minimum absolute atomic E-state index is 0.0220. The Morgan fingerprint density at radius 1 is 1.12 bits per heavy atom. The first-order valence-electron chi connectivity index (χ1n) is 13.1. The highest BCUT2D eigenvalue weighted by Gasteiger charge is 2.43. The number of esters is 1. The van der Waals surface area contributed by atoms with Crippen LogP contribution in [0.3, 0.4) is 0 Å². The Labute approximate surface area is 234 Å². The molecule has 1 N–H and O–H groups in total. The molecule has 0 bridgehead atoms. The van der Waals surface area contributed by atoms with Gasteiger partial charge in [0.2, 0.25) is 5.91 Å². The van der Waals surface area contributed by atoms with E-state index >= 15 is 0 Å². The number of para-hydroxylation sites is 1. The molecule has 0 radical (unpaired) electrons. The monoisotopic (exact) mass is 575 g/mol. The van der Waals surface area contributed by atoms with Crippen LogP contribution in [0.2, 0.25) is 5.02 Å². The lowest BCUT2D eigenvalue weighted by Crippen LogP contribution is -2.45. The fourth-order valence-corrected chi connectivity index (χ4v) is 5.87. The highest BCUT2D eigenvalue weighted by atomic mass is 35.5. The maximum absolute atomic E-state index is 13.6. The SMILES string of the molecule is COc1ccccc1[C@@H]1OC(=O)C[C@H]1C(=O)NC1CCC(N(C)c2cc(C(F)(F)F)nc3ccc(Cl)cc23)CC1. The van der Waals surface area contributed by atoms with Crippen LogP contribution in [-0.2, 0) is 20.5 Å². The van der Waals surface area contributed by atoms with E-state index in [4.69, 9.17) is 21.1 Å². The Morgan fingerprint density at radius 3 is 2.55 bits per heavy atom. The first-order valence-corrected chi connectivity index (χ1v) is 13.5. The van der Waals surface area contributed by atoms with E-state index in [0.29, 0.717) is 53.1 Å². The molecule has 3 aromatic rings. The number of hydrogen-bond acceptors (Lipinski definition) is 6. The zero-order chi connectivity index (χ0) is 28.6. The van der Waals surface area contributed by atoms with Crippen LogP contribution < -0.4 is 15.0 Å². The third-order valence-corrected chi connectivity index (χ3v) is 8.04. The summed E-state index contributed by atoms with van der Waals surface area (Å²) in [5.41, 5.74) is 0.320. The summed E-state index contributed by atoms with van der Waals surface area (Å²) in [5, 5.41) is 4.04. The van der Waals surface area contributed by atoms with Gasteiger partial charge in [0.05, 0.1) is 25.0 Å². The second kappa shape index (κ2) is 11.2. The molecule has 5 rings (SSSR count). The molecule has 1 amide bonds. The minimum atomic E-state index is -4.58. The number of methoxy groups -OCH3 is 1. The number of carbonyl (C=O) groups is 2. The number of anilines is 1. The molecule has 7 nitrogen and oxygen atoms in total. The van der Waals surface area contributed by atoms with Gasteiger partial charge in [0.25, 0.3) is 0 Å². The number of nitrogens with one attached hydrogen (secondary N) is 1. The maximum Gasteiger partial charge on any atom is 0.433 e. The van der Waals surface area contributed by atoms with Crippen LogP contribution in [0, 0.1) is 5.92 Å². The summed E-state index contributed by atoms with van der Waals surface area (Å²) in [6.45, 7) is 0.